The van der Waals surface area contributed by atoms with E-state index in [9.17, 15) is 24.3 Å². The fraction of sp³-hybridized carbons (Fsp3) is 0.429. The number of piperidine rings is 1. The Balaban J connectivity index is 0.750. The monoisotopic (exact) mass is 854 g/mol. The number of benzene rings is 3. The van der Waals surface area contributed by atoms with Gasteiger partial charge in [0, 0.05) is 74.0 Å². The third-order valence-electron chi connectivity index (χ3n) is 12.5. The second kappa shape index (κ2) is 20.4. The van der Waals surface area contributed by atoms with Gasteiger partial charge in [0.15, 0.2) is 12.3 Å². The highest BCUT2D eigenvalue weighted by Crippen LogP contribution is 2.35. The van der Waals surface area contributed by atoms with Crippen molar-refractivity contribution in [3.05, 3.63) is 101 Å². The lowest BCUT2D eigenvalue weighted by Crippen LogP contribution is -2.52. The minimum absolute atomic E-state index is 0.161. The van der Waals surface area contributed by atoms with Crippen LogP contribution in [0.4, 0.5) is 5.82 Å². The number of unbranched alkanes of at least 4 members (excludes halogenated alkanes) is 6. The molecule has 14 heteroatoms. The van der Waals surface area contributed by atoms with E-state index < -0.39 is 11.9 Å². The van der Waals surface area contributed by atoms with Crippen LogP contribution in [-0.4, -0.2) is 112 Å². The number of amides is 4. The predicted molar refractivity (Wildman–Crippen MR) is 241 cm³/mol. The van der Waals surface area contributed by atoms with Gasteiger partial charge in [0.2, 0.25) is 11.8 Å². The molecule has 4 amide bonds. The maximum Gasteiger partial charge on any atom is 0.257 e. The molecule has 3 aliphatic rings. The van der Waals surface area contributed by atoms with E-state index in [0.29, 0.717) is 30.0 Å². The van der Waals surface area contributed by atoms with Gasteiger partial charge in [-0.25, -0.2) is 4.98 Å². The quantitative estimate of drug-likeness (QED) is 0.0693. The minimum Gasteiger partial charge on any atom is -0.483 e. The summed E-state index contributed by atoms with van der Waals surface area (Å²) >= 11 is 0. The van der Waals surface area contributed by atoms with Crippen molar-refractivity contribution in [2.45, 2.75) is 83.7 Å². The third-order valence-corrected chi connectivity index (χ3v) is 12.5. The number of nitrogens with one attached hydrogen (secondary N) is 2. The van der Waals surface area contributed by atoms with Gasteiger partial charge in [-0.15, -0.1) is 0 Å². The van der Waals surface area contributed by atoms with Gasteiger partial charge in [0.05, 0.1) is 24.5 Å². The van der Waals surface area contributed by atoms with Gasteiger partial charge >= 0.3 is 0 Å². The van der Waals surface area contributed by atoms with Crippen molar-refractivity contribution >= 4 is 35.1 Å². The number of imide groups is 1. The summed E-state index contributed by atoms with van der Waals surface area (Å²) in [6, 6.07) is 25.8. The van der Waals surface area contributed by atoms with Gasteiger partial charge in [-0.3, -0.25) is 29.4 Å². The number of aliphatic hydroxyl groups excluding tert-OH is 1. The van der Waals surface area contributed by atoms with E-state index in [4.69, 9.17) is 14.8 Å². The normalized spacial score (nSPS) is 16.7. The molecule has 0 bridgehead atoms. The molecule has 0 saturated carbocycles. The van der Waals surface area contributed by atoms with Crippen LogP contribution in [-0.2, 0) is 27.3 Å². The van der Waals surface area contributed by atoms with Gasteiger partial charge in [0.1, 0.15) is 17.6 Å². The lowest BCUT2D eigenvalue weighted by molar-refractivity contribution is -0.137. The number of aromatic nitrogens is 3. The van der Waals surface area contributed by atoms with Crippen molar-refractivity contribution in [1.82, 2.24) is 35.0 Å². The highest BCUT2D eigenvalue weighted by atomic mass is 16.5. The first-order valence-electron chi connectivity index (χ1n) is 22.6. The molecular weight excluding hydrogens is 797 g/mol. The molecule has 3 N–H and O–H groups in total. The van der Waals surface area contributed by atoms with Crippen LogP contribution in [0.2, 0.25) is 0 Å². The van der Waals surface area contributed by atoms with Crippen LogP contribution in [0.3, 0.4) is 0 Å². The molecule has 1 unspecified atom stereocenters. The largest absolute Gasteiger partial charge is 0.483 e. The van der Waals surface area contributed by atoms with E-state index in [2.05, 4.69) is 69.8 Å². The molecule has 3 aromatic carbocycles. The number of anilines is 1. The zero-order valence-corrected chi connectivity index (χ0v) is 36.2. The molecule has 1 atom stereocenters. The number of carbonyl (C=O) groups is 4. The van der Waals surface area contributed by atoms with Crippen LogP contribution in [0, 0.1) is 6.92 Å². The second-order valence-electron chi connectivity index (χ2n) is 16.9. The van der Waals surface area contributed by atoms with Crippen LogP contribution in [0.5, 0.6) is 5.75 Å². The topological polar surface area (TPSA) is 162 Å². The lowest BCUT2D eigenvalue weighted by Gasteiger charge is -2.35. The Labute approximate surface area is 368 Å². The first-order chi connectivity index (χ1) is 30.8. The zero-order valence-electron chi connectivity index (χ0n) is 36.2. The van der Waals surface area contributed by atoms with Crippen LogP contribution in [0.15, 0.2) is 78.9 Å². The molecule has 2 fully saturated rings. The molecule has 14 nitrogen and oxygen atoms in total. The number of rotatable bonds is 19. The molecule has 0 aliphatic carbocycles. The highest BCUT2D eigenvalue weighted by Gasteiger charge is 2.40. The summed E-state index contributed by atoms with van der Waals surface area (Å²) in [6.07, 6.45) is 9.22. The van der Waals surface area contributed by atoms with Gasteiger partial charge in [-0.2, -0.15) is 9.61 Å². The van der Waals surface area contributed by atoms with E-state index in [-0.39, 0.29) is 50.3 Å². The molecule has 2 aromatic heterocycles. The van der Waals surface area contributed by atoms with Gasteiger partial charge < -0.3 is 25.0 Å². The first kappa shape index (κ1) is 43.5. The van der Waals surface area contributed by atoms with E-state index in [1.807, 2.05) is 22.7 Å². The summed E-state index contributed by atoms with van der Waals surface area (Å²) in [5.41, 5.74) is 8.42. The molecule has 5 aromatic rings. The maximum atomic E-state index is 13.1. The summed E-state index contributed by atoms with van der Waals surface area (Å²) < 4.78 is 7.85. The lowest BCUT2D eigenvalue weighted by atomic mass is 10.0. The highest BCUT2D eigenvalue weighted by molar-refractivity contribution is 6.05. The Bertz CT molecular complexity index is 2410. The number of piperazine rings is 1. The number of carbonyl (C=O) groups excluding carboxylic acids is 4. The summed E-state index contributed by atoms with van der Waals surface area (Å²) in [4.78, 5) is 61.0. The molecule has 3 aliphatic heterocycles. The number of aryl methyl sites for hydroxylation is 2. The Morgan fingerprint density at radius 3 is 2.37 bits per heavy atom. The fourth-order valence-electron chi connectivity index (χ4n) is 9.06. The molecule has 5 heterocycles. The van der Waals surface area contributed by atoms with Gasteiger partial charge in [0.25, 0.3) is 11.8 Å². The molecule has 0 radical (unpaired) electrons. The molecular formula is C49H58N8O6. The van der Waals surface area contributed by atoms with Crippen LogP contribution >= 0.6 is 0 Å². The number of hydrogen-bond acceptors (Lipinski definition) is 10. The number of aliphatic hydroxyl groups is 1. The van der Waals surface area contributed by atoms with Crippen molar-refractivity contribution in [2.24, 2.45) is 0 Å². The second-order valence-corrected chi connectivity index (χ2v) is 16.9. The average molecular weight is 855 g/mol. The summed E-state index contributed by atoms with van der Waals surface area (Å²) in [7, 11) is 0. The number of hydrogen-bond donors (Lipinski definition) is 3. The zero-order chi connectivity index (χ0) is 43.7. The molecule has 2 saturated heterocycles. The third kappa shape index (κ3) is 10.2. The maximum absolute atomic E-state index is 13.1. The summed E-state index contributed by atoms with van der Waals surface area (Å²) in [5.74, 6) is 0.208. The van der Waals surface area contributed by atoms with E-state index in [1.165, 1.54) is 23.3 Å². The van der Waals surface area contributed by atoms with E-state index in [1.54, 1.807) is 18.2 Å². The Morgan fingerprint density at radius 2 is 1.62 bits per heavy atom. The first-order valence-corrected chi connectivity index (χ1v) is 22.6. The Kier molecular flexibility index (Phi) is 14.1. The van der Waals surface area contributed by atoms with Crippen molar-refractivity contribution in [3.63, 3.8) is 0 Å². The van der Waals surface area contributed by atoms with E-state index in [0.717, 1.165) is 104 Å². The summed E-state index contributed by atoms with van der Waals surface area (Å²) in [6.45, 7) is 7.05. The van der Waals surface area contributed by atoms with Crippen LogP contribution in [0.25, 0.3) is 28.0 Å². The summed E-state index contributed by atoms with van der Waals surface area (Å²) in [5, 5.41) is 19.8. The average Bonchev–Trinajstić information content (AvgIpc) is 3.82. The Hall–Kier alpha value is -6.12. The molecule has 8 rings (SSSR count). The van der Waals surface area contributed by atoms with Crippen molar-refractivity contribution in [2.75, 3.05) is 57.4 Å². The minimum atomic E-state index is -0.704. The molecule has 330 valence electrons. The van der Waals surface area contributed by atoms with Gasteiger partial charge in [-0.1, -0.05) is 92.8 Å². The van der Waals surface area contributed by atoms with Crippen molar-refractivity contribution in [1.29, 1.82) is 0 Å². The molecule has 63 heavy (non-hydrogen) atoms. The van der Waals surface area contributed by atoms with Crippen molar-refractivity contribution in [3.8, 4) is 28.1 Å². The van der Waals surface area contributed by atoms with Crippen molar-refractivity contribution < 1.29 is 29.0 Å². The van der Waals surface area contributed by atoms with Gasteiger partial charge in [-0.05, 0) is 55.9 Å². The van der Waals surface area contributed by atoms with Crippen LogP contribution in [0.1, 0.15) is 85.0 Å². The number of ether oxygens (including phenoxy) is 1. The Morgan fingerprint density at radius 1 is 0.873 bits per heavy atom. The predicted octanol–water partition coefficient (Wildman–Crippen LogP) is 5.72. The molecule has 0 spiro atoms. The van der Waals surface area contributed by atoms with Crippen LogP contribution < -0.4 is 20.3 Å². The number of fused-ring (bicyclic) bond motifs is 2. The standard InChI is InChI=1S/C49H58N8O6/c1-34-46(47-51-40(36-14-9-7-10-15-36)31-45(57(47)53-34)55-27-25-54(26-28-55)29-30-58)37-20-18-35(19-21-37)13-8-5-3-2-4-6-11-24-50-44(60)33-63-42-17-12-16-38-39(42)32-56(49(38)62)41-22-23-43(59)52-48(41)61/h7,9-10,12,14-21,31,41,58H,2-6,8,11,13,22-30,32-33H2,1H3,(H,50,60)(H,52,59,61). The smallest absolute Gasteiger partial charge is 0.257 e. The number of nitrogens with zero attached hydrogens (tertiary/aromatic N) is 6. The number of β-amino-alcohol motifs (C(OH)–C–C–N with tert-alkyl or cyclic N) is 1. The SMILES string of the molecule is Cc1nn2c(N3CCN(CCO)CC3)cc(-c3ccccc3)nc2c1-c1ccc(CCCCCCCCCNC(=O)COc2cccc3c2CN(C2CCC(=O)NC2=O)C3=O)cc1. The fourth-order valence-corrected chi connectivity index (χ4v) is 9.06. The van der Waals surface area contributed by atoms with E-state index >= 15 is 0 Å².